The largest absolute Gasteiger partial charge is 0.369 e. The zero-order valence-corrected chi connectivity index (χ0v) is 12.3. The maximum atomic E-state index is 11.6. The molecule has 0 aliphatic carbocycles. The molecule has 1 saturated heterocycles. The predicted octanol–water partition coefficient (Wildman–Crippen LogP) is 1.98. The van der Waals surface area contributed by atoms with Gasteiger partial charge >= 0.3 is 0 Å². The first-order valence-corrected chi connectivity index (χ1v) is 7.12. The van der Waals surface area contributed by atoms with E-state index in [0.717, 1.165) is 13.1 Å². The number of nitrogens with two attached hydrogens (primary N) is 1. The molecule has 1 fully saturated rings. The first kappa shape index (κ1) is 13.7. The monoisotopic (exact) mass is 284 g/mol. The Morgan fingerprint density at radius 2 is 2.05 bits per heavy atom. The van der Waals surface area contributed by atoms with Crippen molar-refractivity contribution in [2.24, 2.45) is 5.41 Å². The summed E-state index contributed by atoms with van der Waals surface area (Å²) in [6, 6.07) is 12.0. The van der Waals surface area contributed by atoms with Gasteiger partial charge in [0.05, 0.1) is 0 Å². The van der Waals surface area contributed by atoms with Crippen LogP contribution in [-0.2, 0) is 0 Å². The van der Waals surface area contributed by atoms with E-state index < -0.39 is 0 Å². The summed E-state index contributed by atoms with van der Waals surface area (Å²) >= 11 is 0. The fourth-order valence-corrected chi connectivity index (χ4v) is 3.18. The zero-order chi connectivity index (χ0) is 15.0. The molecule has 0 unspecified atom stereocenters. The molecule has 110 valence electrons. The van der Waals surface area contributed by atoms with Crippen LogP contribution in [0.15, 0.2) is 41.2 Å². The Bertz CT molecular complexity index is 693. The number of aromatic amines is 1. The van der Waals surface area contributed by atoms with Crippen LogP contribution in [0.3, 0.4) is 0 Å². The van der Waals surface area contributed by atoms with Crippen LogP contribution in [-0.4, -0.2) is 23.1 Å². The van der Waals surface area contributed by atoms with Crippen LogP contribution in [0.25, 0.3) is 0 Å². The summed E-state index contributed by atoms with van der Waals surface area (Å²) in [5, 5.41) is 0. The van der Waals surface area contributed by atoms with Crippen molar-refractivity contribution in [2.75, 3.05) is 23.7 Å². The van der Waals surface area contributed by atoms with E-state index in [1.165, 1.54) is 11.6 Å². The van der Waals surface area contributed by atoms with Gasteiger partial charge < -0.3 is 10.6 Å². The van der Waals surface area contributed by atoms with Gasteiger partial charge in [-0.15, -0.1) is 0 Å². The van der Waals surface area contributed by atoms with E-state index in [4.69, 9.17) is 5.73 Å². The molecule has 0 amide bonds. The highest BCUT2D eigenvalue weighted by molar-refractivity contribution is 5.45. The van der Waals surface area contributed by atoms with E-state index >= 15 is 0 Å². The second-order valence-electron chi connectivity index (χ2n) is 6.32. The summed E-state index contributed by atoms with van der Waals surface area (Å²) in [5.74, 6) is 1.22. The summed E-state index contributed by atoms with van der Waals surface area (Å²) in [5.41, 5.74) is 6.87. The zero-order valence-electron chi connectivity index (χ0n) is 12.3. The molecule has 0 spiro atoms. The van der Waals surface area contributed by atoms with Gasteiger partial charge in [0.2, 0.25) is 5.95 Å². The van der Waals surface area contributed by atoms with Crippen LogP contribution in [0.1, 0.15) is 25.3 Å². The first-order chi connectivity index (χ1) is 9.95. The summed E-state index contributed by atoms with van der Waals surface area (Å²) in [4.78, 5) is 20.5. The van der Waals surface area contributed by atoms with Crippen molar-refractivity contribution in [3.8, 4) is 0 Å². The highest BCUT2D eigenvalue weighted by Crippen LogP contribution is 2.43. The van der Waals surface area contributed by atoms with Crippen molar-refractivity contribution < 1.29 is 0 Å². The molecule has 0 bridgehead atoms. The summed E-state index contributed by atoms with van der Waals surface area (Å²) in [6.45, 7) is 6.19. The number of hydrogen-bond acceptors (Lipinski definition) is 4. The molecule has 5 heteroatoms. The number of nitrogens with zero attached hydrogens (tertiary/aromatic N) is 2. The Labute approximate surface area is 123 Å². The molecule has 3 N–H and O–H groups in total. The molecule has 5 nitrogen and oxygen atoms in total. The lowest BCUT2D eigenvalue weighted by molar-refractivity contribution is 0.365. The molecule has 3 rings (SSSR count). The molecule has 2 heterocycles. The fourth-order valence-electron chi connectivity index (χ4n) is 3.18. The topological polar surface area (TPSA) is 75.0 Å². The van der Waals surface area contributed by atoms with Gasteiger partial charge in [-0.05, 0) is 11.0 Å². The van der Waals surface area contributed by atoms with Crippen LogP contribution in [0.4, 0.5) is 11.8 Å². The Morgan fingerprint density at radius 1 is 1.33 bits per heavy atom. The minimum atomic E-state index is -0.210. The molecule has 1 aromatic carbocycles. The van der Waals surface area contributed by atoms with Gasteiger partial charge in [-0.2, -0.15) is 4.98 Å². The highest BCUT2D eigenvalue weighted by Gasteiger charge is 2.40. The summed E-state index contributed by atoms with van der Waals surface area (Å²) in [7, 11) is 0. The van der Waals surface area contributed by atoms with Gasteiger partial charge in [0.1, 0.15) is 5.82 Å². The number of nitrogen functional groups attached to an aromatic ring is 1. The third-order valence-electron chi connectivity index (χ3n) is 4.22. The molecular formula is C16H20N4O. The third-order valence-corrected chi connectivity index (χ3v) is 4.22. The van der Waals surface area contributed by atoms with E-state index in [-0.39, 0.29) is 16.9 Å². The number of hydrogen-bond donors (Lipinski definition) is 2. The average Bonchev–Trinajstić information content (AvgIpc) is 2.74. The Balaban J connectivity index is 1.93. The average molecular weight is 284 g/mol. The third kappa shape index (κ3) is 2.63. The number of aromatic nitrogens is 2. The van der Waals surface area contributed by atoms with Crippen LogP contribution < -0.4 is 16.2 Å². The number of anilines is 2. The van der Waals surface area contributed by atoms with Gasteiger partial charge in [0.25, 0.3) is 5.56 Å². The first-order valence-electron chi connectivity index (χ1n) is 7.12. The predicted molar refractivity (Wildman–Crippen MR) is 84.4 cm³/mol. The van der Waals surface area contributed by atoms with Gasteiger partial charge in [0.15, 0.2) is 0 Å². The van der Waals surface area contributed by atoms with E-state index in [0.29, 0.717) is 11.7 Å². The molecule has 21 heavy (non-hydrogen) atoms. The lowest BCUT2D eigenvalue weighted by Crippen LogP contribution is -2.26. The molecule has 0 saturated carbocycles. The van der Waals surface area contributed by atoms with Gasteiger partial charge in [-0.1, -0.05) is 44.2 Å². The van der Waals surface area contributed by atoms with E-state index in [2.05, 4.69) is 53.0 Å². The Kier molecular flexibility index (Phi) is 3.20. The van der Waals surface area contributed by atoms with E-state index in [1.54, 1.807) is 0 Å². The van der Waals surface area contributed by atoms with Crippen LogP contribution >= 0.6 is 0 Å². The Morgan fingerprint density at radius 3 is 2.71 bits per heavy atom. The van der Waals surface area contributed by atoms with Crippen LogP contribution in [0.5, 0.6) is 0 Å². The van der Waals surface area contributed by atoms with Crippen LogP contribution in [0.2, 0.25) is 0 Å². The van der Waals surface area contributed by atoms with Crippen LogP contribution in [0, 0.1) is 5.41 Å². The summed E-state index contributed by atoms with van der Waals surface area (Å²) < 4.78 is 0. The summed E-state index contributed by atoms with van der Waals surface area (Å²) in [6.07, 6.45) is 0. The van der Waals surface area contributed by atoms with E-state index in [9.17, 15) is 4.79 Å². The molecule has 2 aromatic rings. The van der Waals surface area contributed by atoms with Crippen molar-refractivity contribution in [1.29, 1.82) is 0 Å². The maximum absolute atomic E-state index is 11.6. The lowest BCUT2D eigenvalue weighted by Gasteiger charge is -2.25. The lowest BCUT2D eigenvalue weighted by atomic mass is 9.78. The molecule has 1 aliphatic rings. The smallest absolute Gasteiger partial charge is 0.254 e. The number of rotatable bonds is 2. The molecule has 1 atom stereocenters. The second-order valence-corrected chi connectivity index (χ2v) is 6.32. The van der Waals surface area contributed by atoms with E-state index in [1.807, 2.05) is 6.07 Å². The molecule has 1 aliphatic heterocycles. The fraction of sp³-hybridized carbons (Fsp3) is 0.375. The quantitative estimate of drug-likeness (QED) is 0.884. The maximum Gasteiger partial charge on any atom is 0.254 e. The Hall–Kier alpha value is -2.30. The number of H-pyrrole nitrogens is 1. The standard InChI is InChI=1S/C16H20N4O/c1-16(2)10-20(13-8-14(21)19-15(17)18-13)9-12(16)11-6-4-3-5-7-11/h3-8,12H,9-10H2,1-2H3,(H3,17,18,19,21)/t12-/m1/s1. The number of nitrogens with one attached hydrogen (secondary N) is 1. The second kappa shape index (κ2) is 4.91. The highest BCUT2D eigenvalue weighted by atomic mass is 16.1. The molecule has 1 aromatic heterocycles. The SMILES string of the molecule is CC1(C)CN(c2cc(=O)[nH]c(N)n2)C[C@@H]1c1ccccc1. The number of benzene rings is 1. The van der Waals surface area contributed by atoms with Crippen molar-refractivity contribution in [3.63, 3.8) is 0 Å². The molecule has 0 radical (unpaired) electrons. The van der Waals surface area contributed by atoms with Crippen molar-refractivity contribution >= 4 is 11.8 Å². The molecular weight excluding hydrogens is 264 g/mol. The van der Waals surface area contributed by atoms with Gasteiger partial charge in [-0.25, -0.2) is 0 Å². The van der Waals surface area contributed by atoms with Gasteiger partial charge in [-0.3, -0.25) is 9.78 Å². The van der Waals surface area contributed by atoms with Gasteiger partial charge in [0, 0.05) is 25.1 Å². The van der Waals surface area contributed by atoms with Crippen molar-refractivity contribution in [2.45, 2.75) is 19.8 Å². The van der Waals surface area contributed by atoms with Crippen molar-refractivity contribution in [1.82, 2.24) is 9.97 Å². The van der Waals surface area contributed by atoms with Crippen molar-refractivity contribution in [3.05, 3.63) is 52.3 Å². The normalized spacial score (nSPS) is 20.7. The minimum Gasteiger partial charge on any atom is -0.369 e. The minimum absolute atomic E-state index is 0.112.